The van der Waals surface area contributed by atoms with Crippen LogP contribution in [0.25, 0.3) is 0 Å². The Labute approximate surface area is 155 Å². The second-order valence-electron chi connectivity index (χ2n) is 7.23. The summed E-state index contributed by atoms with van der Waals surface area (Å²) in [4.78, 5) is 19.2. The molecule has 0 radical (unpaired) electrons. The van der Waals surface area contributed by atoms with Crippen LogP contribution in [0.4, 0.5) is 0 Å². The van der Waals surface area contributed by atoms with Crippen LogP contribution < -0.4 is 5.32 Å². The summed E-state index contributed by atoms with van der Waals surface area (Å²) in [5, 5.41) is 7.60. The largest absolute Gasteiger partial charge is 0.349 e. The fourth-order valence-electron chi connectivity index (χ4n) is 3.51. The molecule has 1 N–H and O–H groups in total. The molecule has 140 valence electrons. The van der Waals surface area contributed by atoms with Gasteiger partial charge in [0.15, 0.2) is 0 Å². The van der Waals surface area contributed by atoms with Crippen molar-refractivity contribution >= 4 is 5.91 Å². The van der Waals surface area contributed by atoms with Crippen LogP contribution >= 0.6 is 0 Å². The normalized spacial score (nSPS) is 17.2. The molecule has 3 rings (SSSR count). The molecule has 0 saturated carbocycles. The van der Waals surface area contributed by atoms with E-state index in [4.69, 9.17) is 0 Å². The molecular weight excluding hydrogens is 326 g/mol. The first kappa shape index (κ1) is 18.6. The van der Waals surface area contributed by atoms with Crippen molar-refractivity contribution < 1.29 is 4.79 Å². The van der Waals surface area contributed by atoms with Crippen molar-refractivity contribution in [3.63, 3.8) is 0 Å². The number of carbonyl (C=O) groups excluding carboxylic acids is 1. The van der Waals surface area contributed by atoms with Gasteiger partial charge in [-0.25, -0.2) is 0 Å². The van der Waals surface area contributed by atoms with Gasteiger partial charge < -0.3 is 5.32 Å². The third-order valence-corrected chi connectivity index (χ3v) is 5.35. The highest BCUT2D eigenvalue weighted by molar-refractivity contribution is 5.95. The number of nitrogens with zero attached hydrogens (tertiary/aromatic N) is 4. The summed E-state index contributed by atoms with van der Waals surface area (Å²) in [6, 6.07) is 4.63. The number of hydrogen-bond acceptors (Lipinski definition) is 4. The van der Waals surface area contributed by atoms with Gasteiger partial charge in [-0.3, -0.25) is 19.4 Å². The minimum Gasteiger partial charge on any atom is -0.349 e. The monoisotopic (exact) mass is 355 g/mol. The highest BCUT2D eigenvalue weighted by Gasteiger charge is 2.23. The smallest absolute Gasteiger partial charge is 0.254 e. The van der Waals surface area contributed by atoms with E-state index in [-0.39, 0.29) is 11.9 Å². The van der Waals surface area contributed by atoms with Crippen molar-refractivity contribution in [2.75, 3.05) is 13.1 Å². The summed E-state index contributed by atoms with van der Waals surface area (Å²) >= 11 is 0. The fraction of sp³-hybridized carbons (Fsp3) is 0.550. The Morgan fingerprint density at radius 1 is 1.35 bits per heavy atom. The summed E-state index contributed by atoms with van der Waals surface area (Å²) in [6.07, 6.45) is 8.38. The van der Waals surface area contributed by atoms with Crippen LogP contribution in [0.1, 0.15) is 60.8 Å². The lowest BCUT2D eigenvalue weighted by molar-refractivity contribution is 0.0908. The number of amides is 1. The number of hydrogen-bond donors (Lipinski definition) is 1. The predicted molar refractivity (Wildman–Crippen MR) is 102 cm³/mol. The summed E-state index contributed by atoms with van der Waals surface area (Å²) in [5.41, 5.74) is 2.89. The first-order valence-electron chi connectivity index (χ1n) is 9.54. The van der Waals surface area contributed by atoms with Gasteiger partial charge in [0.2, 0.25) is 0 Å². The lowest BCUT2D eigenvalue weighted by Crippen LogP contribution is -2.44. The molecule has 1 atom stereocenters. The Kier molecular flexibility index (Phi) is 6.04. The molecule has 0 unspecified atom stereocenters. The molecule has 0 aromatic carbocycles. The van der Waals surface area contributed by atoms with Crippen LogP contribution in [0, 0.1) is 6.92 Å². The van der Waals surface area contributed by atoms with E-state index in [2.05, 4.69) is 40.2 Å². The maximum atomic E-state index is 12.6. The SMILES string of the molecule is CC[C@H](C)n1ncc(C(=O)NC2CCN(Cc3cccnc3)CC2)c1C. The number of nitrogens with one attached hydrogen (secondary N) is 1. The van der Waals surface area contributed by atoms with Crippen molar-refractivity contribution in [2.45, 2.75) is 58.7 Å². The maximum absolute atomic E-state index is 12.6. The molecular formula is C20H29N5O. The summed E-state index contributed by atoms with van der Waals surface area (Å²) in [6.45, 7) is 9.14. The Bertz CT molecular complexity index is 719. The maximum Gasteiger partial charge on any atom is 0.254 e. The number of aromatic nitrogens is 3. The molecule has 0 bridgehead atoms. The average Bonchev–Trinajstić information content (AvgIpc) is 3.05. The van der Waals surface area contributed by atoms with Gasteiger partial charge in [0, 0.05) is 49.8 Å². The van der Waals surface area contributed by atoms with E-state index in [1.54, 1.807) is 12.4 Å². The molecule has 1 fully saturated rings. The molecule has 6 nitrogen and oxygen atoms in total. The van der Waals surface area contributed by atoms with Crippen molar-refractivity contribution in [1.82, 2.24) is 25.0 Å². The Hall–Kier alpha value is -2.21. The molecule has 1 aliphatic rings. The van der Waals surface area contributed by atoms with Crippen LogP contribution in [0.2, 0.25) is 0 Å². The van der Waals surface area contributed by atoms with Crippen molar-refractivity contribution in [3.05, 3.63) is 47.5 Å². The van der Waals surface area contributed by atoms with Crippen molar-refractivity contribution in [1.29, 1.82) is 0 Å². The molecule has 1 aliphatic heterocycles. The zero-order valence-corrected chi connectivity index (χ0v) is 16.0. The van der Waals surface area contributed by atoms with E-state index in [1.807, 2.05) is 23.9 Å². The molecule has 0 spiro atoms. The van der Waals surface area contributed by atoms with Gasteiger partial charge in [0.1, 0.15) is 0 Å². The lowest BCUT2D eigenvalue weighted by atomic mass is 10.0. The van der Waals surface area contributed by atoms with E-state index < -0.39 is 0 Å². The van der Waals surface area contributed by atoms with Gasteiger partial charge in [-0.2, -0.15) is 5.10 Å². The predicted octanol–water partition coefficient (Wildman–Crippen LogP) is 2.95. The standard InChI is InChI=1S/C20H29N5O/c1-4-15(2)25-16(3)19(13-22-25)20(26)23-18-7-10-24(11-8-18)14-17-6-5-9-21-12-17/h5-6,9,12-13,15,18H,4,7-8,10-11,14H2,1-3H3,(H,23,26)/t15-/m0/s1. The van der Waals surface area contributed by atoms with E-state index >= 15 is 0 Å². The van der Waals surface area contributed by atoms with Crippen LogP contribution in [0.15, 0.2) is 30.7 Å². The molecule has 26 heavy (non-hydrogen) atoms. The van der Waals surface area contributed by atoms with Crippen molar-refractivity contribution in [3.8, 4) is 0 Å². The zero-order valence-electron chi connectivity index (χ0n) is 16.0. The molecule has 2 aromatic heterocycles. The number of rotatable bonds is 6. The highest BCUT2D eigenvalue weighted by Crippen LogP contribution is 2.17. The topological polar surface area (TPSA) is 63.1 Å². The van der Waals surface area contributed by atoms with E-state index in [0.717, 1.165) is 44.6 Å². The van der Waals surface area contributed by atoms with Gasteiger partial charge in [0.05, 0.1) is 11.8 Å². The highest BCUT2D eigenvalue weighted by atomic mass is 16.1. The number of piperidine rings is 1. The Morgan fingerprint density at radius 3 is 2.77 bits per heavy atom. The number of carbonyl (C=O) groups is 1. The van der Waals surface area contributed by atoms with Crippen molar-refractivity contribution in [2.24, 2.45) is 0 Å². The van der Waals surface area contributed by atoms with Crippen LogP contribution in [0.5, 0.6) is 0 Å². The number of pyridine rings is 1. The van der Waals surface area contributed by atoms with E-state index in [1.165, 1.54) is 5.56 Å². The molecule has 1 saturated heterocycles. The summed E-state index contributed by atoms with van der Waals surface area (Å²) in [7, 11) is 0. The minimum atomic E-state index is 0.00256. The average molecular weight is 355 g/mol. The van der Waals surface area contributed by atoms with Gasteiger partial charge in [-0.1, -0.05) is 13.0 Å². The third kappa shape index (κ3) is 4.30. The molecule has 2 aromatic rings. The van der Waals surface area contributed by atoms with Gasteiger partial charge in [-0.15, -0.1) is 0 Å². The minimum absolute atomic E-state index is 0.00256. The van der Waals surface area contributed by atoms with E-state index in [0.29, 0.717) is 11.6 Å². The third-order valence-electron chi connectivity index (χ3n) is 5.35. The van der Waals surface area contributed by atoms with Gasteiger partial charge in [-0.05, 0) is 44.7 Å². The second-order valence-corrected chi connectivity index (χ2v) is 7.23. The lowest BCUT2D eigenvalue weighted by Gasteiger charge is -2.32. The second kappa shape index (κ2) is 8.45. The van der Waals surface area contributed by atoms with Gasteiger partial charge >= 0.3 is 0 Å². The van der Waals surface area contributed by atoms with Crippen LogP contribution in [-0.2, 0) is 6.54 Å². The first-order valence-corrected chi connectivity index (χ1v) is 9.54. The van der Waals surface area contributed by atoms with Gasteiger partial charge in [0.25, 0.3) is 5.91 Å². The molecule has 1 amide bonds. The Balaban J connectivity index is 1.51. The summed E-state index contributed by atoms with van der Waals surface area (Å²) in [5.74, 6) is 0.00256. The zero-order chi connectivity index (χ0) is 18.5. The molecule has 6 heteroatoms. The van der Waals surface area contributed by atoms with E-state index in [9.17, 15) is 4.79 Å². The number of likely N-dealkylation sites (tertiary alicyclic amines) is 1. The quantitative estimate of drug-likeness (QED) is 0.865. The summed E-state index contributed by atoms with van der Waals surface area (Å²) < 4.78 is 1.95. The Morgan fingerprint density at radius 2 is 2.12 bits per heavy atom. The molecule has 3 heterocycles. The van der Waals surface area contributed by atoms with Crippen LogP contribution in [0.3, 0.4) is 0 Å². The first-order chi connectivity index (χ1) is 12.6. The van der Waals surface area contributed by atoms with Crippen LogP contribution in [-0.4, -0.2) is 44.7 Å². The fourth-order valence-corrected chi connectivity index (χ4v) is 3.51. The molecule has 0 aliphatic carbocycles.